The highest BCUT2D eigenvalue weighted by molar-refractivity contribution is 14.0. The molecule has 1 amide bonds. The van der Waals surface area contributed by atoms with Crippen molar-refractivity contribution in [1.82, 2.24) is 15.1 Å². The third kappa shape index (κ3) is 8.11. The third-order valence-electron chi connectivity index (χ3n) is 4.87. The van der Waals surface area contributed by atoms with Crippen molar-refractivity contribution in [2.45, 2.75) is 58.5 Å². The molecule has 6 nitrogen and oxygen atoms in total. The van der Waals surface area contributed by atoms with Crippen LogP contribution in [0.4, 0.5) is 0 Å². The van der Waals surface area contributed by atoms with Crippen molar-refractivity contribution in [3.05, 3.63) is 0 Å². The molecule has 1 saturated carbocycles. The Morgan fingerprint density at radius 3 is 2.24 bits per heavy atom. The number of aliphatic imine (C=N–C) groups is 1. The lowest BCUT2D eigenvalue weighted by molar-refractivity contribution is -0.130. The number of guanidine groups is 1. The number of hydrogen-bond acceptors (Lipinski definition) is 3. The Labute approximate surface area is 169 Å². The summed E-state index contributed by atoms with van der Waals surface area (Å²) < 4.78 is 6.02. The van der Waals surface area contributed by atoms with Crippen LogP contribution in [-0.4, -0.2) is 73.6 Å². The van der Waals surface area contributed by atoms with E-state index in [1.807, 2.05) is 4.90 Å². The van der Waals surface area contributed by atoms with Crippen molar-refractivity contribution < 1.29 is 9.53 Å². The molecule has 0 bridgehead atoms. The normalized spacial score (nSPS) is 20.0. The van der Waals surface area contributed by atoms with Gasteiger partial charge in [0.15, 0.2) is 5.96 Å². The molecule has 0 aromatic carbocycles. The molecule has 0 aromatic heterocycles. The SMILES string of the molecule is CCNC(=NCCOC1CCCCCC1)N1CCN(C(C)=O)CC1.I. The number of amides is 1. The van der Waals surface area contributed by atoms with Gasteiger partial charge in [0.1, 0.15) is 0 Å². The van der Waals surface area contributed by atoms with Gasteiger partial charge in [0, 0.05) is 39.6 Å². The average Bonchev–Trinajstić information content (AvgIpc) is 2.86. The van der Waals surface area contributed by atoms with Gasteiger partial charge in [-0.25, -0.2) is 0 Å². The van der Waals surface area contributed by atoms with Crippen LogP contribution in [0.1, 0.15) is 52.4 Å². The molecule has 1 aliphatic heterocycles. The maximum atomic E-state index is 11.4. The second-order valence-electron chi connectivity index (χ2n) is 6.71. The van der Waals surface area contributed by atoms with Crippen LogP contribution in [0.25, 0.3) is 0 Å². The van der Waals surface area contributed by atoms with Crippen molar-refractivity contribution in [2.24, 2.45) is 4.99 Å². The Morgan fingerprint density at radius 1 is 1.08 bits per heavy atom. The van der Waals surface area contributed by atoms with Crippen LogP contribution in [0.15, 0.2) is 4.99 Å². The molecule has 7 heteroatoms. The Bertz CT molecular complexity index is 404. The van der Waals surface area contributed by atoms with Crippen LogP contribution in [0.3, 0.4) is 0 Å². The standard InChI is InChI=1S/C18H34N4O2.HI/c1-3-19-18(22-13-11-21(12-14-22)16(2)23)20-10-15-24-17-8-6-4-5-7-9-17;/h17H,3-15H2,1-2H3,(H,19,20);1H. The topological polar surface area (TPSA) is 57.2 Å². The Kier molecular flexibility index (Phi) is 11.4. The molecule has 1 saturated heterocycles. The summed E-state index contributed by atoms with van der Waals surface area (Å²) in [6, 6.07) is 0. The first kappa shape index (κ1) is 22.5. The van der Waals surface area contributed by atoms with Crippen molar-refractivity contribution in [3.8, 4) is 0 Å². The second-order valence-corrected chi connectivity index (χ2v) is 6.71. The highest BCUT2D eigenvalue weighted by Gasteiger charge is 2.20. The van der Waals surface area contributed by atoms with E-state index in [2.05, 4.69) is 17.1 Å². The van der Waals surface area contributed by atoms with Crippen molar-refractivity contribution in [1.29, 1.82) is 0 Å². The molecule has 0 aromatic rings. The van der Waals surface area contributed by atoms with Gasteiger partial charge in [0.25, 0.3) is 0 Å². The molecule has 25 heavy (non-hydrogen) atoms. The molecule has 0 radical (unpaired) electrons. The second kappa shape index (κ2) is 12.7. The lowest BCUT2D eigenvalue weighted by Gasteiger charge is -2.36. The number of ether oxygens (including phenoxy) is 1. The largest absolute Gasteiger partial charge is 0.376 e. The fraction of sp³-hybridized carbons (Fsp3) is 0.889. The van der Waals surface area contributed by atoms with E-state index in [1.54, 1.807) is 6.92 Å². The van der Waals surface area contributed by atoms with E-state index in [0.29, 0.717) is 19.3 Å². The number of carbonyl (C=O) groups excluding carboxylic acids is 1. The molecule has 146 valence electrons. The molecule has 2 aliphatic rings. The smallest absolute Gasteiger partial charge is 0.219 e. The van der Waals surface area contributed by atoms with E-state index in [1.165, 1.54) is 38.5 Å². The van der Waals surface area contributed by atoms with Gasteiger partial charge in [-0.05, 0) is 19.8 Å². The maximum Gasteiger partial charge on any atom is 0.219 e. The van der Waals surface area contributed by atoms with Gasteiger partial charge in [-0.1, -0.05) is 25.7 Å². The molecule has 1 heterocycles. The zero-order valence-electron chi connectivity index (χ0n) is 15.8. The highest BCUT2D eigenvalue weighted by Crippen LogP contribution is 2.19. The first-order valence-electron chi connectivity index (χ1n) is 9.61. The molecule has 1 aliphatic carbocycles. The zero-order valence-corrected chi connectivity index (χ0v) is 18.2. The van der Waals surface area contributed by atoms with Crippen molar-refractivity contribution in [2.75, 3.05) is 45.9 Å². The monoisotopic (exact) mass is 466 g/mol. The fourth-order valence-corrected chi connectivity index (χ4v) is 3.44. The van der Waals surface area contributed by atoms with Gasteiger partial charge in [-0.2, -0.15) is 0 Å². The van der Waals surface area contributed by atoms with Crippen LogP contribution in [0.5, 0.6) is 0 Å². The van der Waals surface area contributed by atoms with Crippen LogP contribution < -0.4 is 5.32 Å². The predicted octanol–water partition coefficient (Wildman–Crippen LogP) is 2.47. The van der Waals surface area contributed by atoms with Crippen LogP contribution in [0.2, 0.25) is 0 Å². The first-order valence-corrected chi connectivity index (χ1v) is 9.61. The summed E-state index contributed by atoms with van der Waals surface area (Å²) in [4.78, 5) is 20.3. The zero-order chi connectivity index (χ0) is 17.2. The summed E-state index contributed by atoms with van der Waals surface area (Å²) >= 11 is 0. The Morgan fingerprint density at radius 2 is 1.68 bits per heavy atom. The van der Waals surface area contributed by atoms with Gasteiger partial charge >= 0.3 is 0 Å². The van der Waals surface area contributed by atoms with E-state index in [-0.39, 0.29) is 29.9 Å². The minimum Gasteiger partial charge on any atom is -0.376 e. The number of nitrogens with zero attached hydrogens (tertiary/aromatic N) is 3. The molecule has 0 spiro atoms. The van der Waals surface area contributed by atoms with Gasteiger partial charge < -0.3 is 19.9 Å². The lowest BCUT2D eigenvalue weighted by atomic mass is 10.1. The number of hydrogen-bond donors (Lipinski definition) is 1. The molecule has 0 atom stereocenters. The molecule has 0 unspecified atom stereocenters. The van der Waals surface area contributed by atoms with E-state index in [9.17, 15) is 4.79 Å². The van der Waals surface area contributed by atoms with E-state index in [4.69, 9.17) is 9.73 Å². The lowest BCUT2D eigenvalue weighted by Crippen LogP contribution is -2.53. The number of halogens is 1. The number of piperazine rings is 1. The Hall–Kier alpha value is -0.570. The first-order chi connectivity index (χ1) is 11.7. The predicted molar refractivity (Wildman–Crippen MR) is 113 cm³/mol. The number of nitrogens with one attached hydrogen (secondary N) is 1. The minimum atomic E-state index is 0. The third-order valence-corrected chi connectivity index (χ3v) is 4.87. The Balaban J connectivity index is 0.00000312. The van der Waals surface area contributed by atoms with Crippen molar-refractivity contribution in [3.63, 3.8) is 0 Å². The van der Waals surface area contributed by atoms with Gasteiger partial charge in [0.05, 0.1) is 19.3 Å². The van der Waals surface area contributed by atoms with Gasteiger partial charge in [-0.15, -0.1) is 24.0 Å². The molecule has 1 N–H and O–H groups in total. The van der Waals surface area contributed by atoms with E-state index in [0.717, 1.165) is 38.7 Å². The molecular formula is C18H35IN4O2. The summed E-state index contributed by atoms with van der Waals surface area (Å²) in [7, 11) is 0. The van der Waals surface area contributed by atoms with Crippen LogP contribution >= 0.6 is 24.0 Å². The number of carbonyl (C=O) groups is 1. The highest BCUT2D eigenvalue weighted by atomic mass is 127. The van der Waals surface area contributed by atoms with Crippen molar-refractivity contribution >= 4 is 35.8 Å². The van der Waals surface area contributed by atoms with Gasteiger partial charge in [0.2, 0.25) is 5.91 Å². The van der Waals surface area contributed by atoms with E-state index < -0.39 is 0 Å². The fourth-order valence-electron chi connectivity index (χ4n) is 3.44. The molecular weight excluding hydrogens is 431 g/mol. The summed E-state index contributed by atoms with van der Waals surface area (Å²) in [6.45, 7) is 9.22. The quantitative estimate of drug-likeness (QED) is 0.223. The summed E-state index contributed by atoms with van der Waals surface area (Å²) in [5, 5.41) is 3.36. The van der Waals surface area contributed by atoms with Gasteiger partial charge in [-0.3, -0.25) is 9.79 Å². The van der Waals surface area contributed by atoms with E-state index >= 15 is 0 Å². The maximum absolute atomic E-state index is 11.4. The molecule has 2 rings (SSSR count). The average molecular weight is 466 g/mol. The molecule has 2 fully saturated rings. The summed E-state index contributed by atoms with van der Waals surface area (Å²) in [6.07, 6.45) is 8.16. The van der Waals surface area contributed by atoms with Crippen LogP contribution in [0, 0.1) is 0 Å². The minimum absolute atomic E-state index is 0. The number of rotatable bonds is 5. The summed E-state index contributed by atoms with van der Waals surface area (Å²) in [5.74, 6) is 1.11. The summed E-state index contributed by atoms with van der Waals surface area (Å²) in [5.41, 5.74) is 0. The van der Waals surface area contributed by atoms with Crippen LogP contribution in [-0.2, 0) is 9.53 Å².